The molecule has 2 aliphatic carbocycles. The van der Waals surface area contributed by atoms with Crippen molar-refractivity contribution in [3.05, 3.63) is 138 Å². The zero-order valence-corrected chi connectivity index (χ0v) is 22.8. The van der Waals surface area contributed by atoms with E-state index in [9.17, 15) is 8.22 Å². The van der Waals surface area contributed by atoms with Crippen molar-refractivity contribution in [2.45, 2.75) is 37.4 Å². The van der Waals surface area contributed by atoms with Gasteiger partial charge in [-0.05, 0) is 52.2 Å². The molecule has 2 aliphatic rings. The van der Waals surface area contributed by atoms with Crippen LogP contribution in [0.25, 0.3) is 56.4 Å². The summed E-state index contributed by atoms with van der Waals surface area (Å²) in [6.45, 7) is 0. The van der Waals surface area contributed by atoms with Crippen molar-refractivity contribution in [3.8, 4) is 56.4 Å². The van der Waals surface area contributed by atoms with Gasteiger partial charge in [-0.3, -0.25) is 0 Å². The molecule has 0 bridgehead atoms. The van der Waals surface area contributed by atoms with Crippen molar-refractivity contribution in [2.75, 3.05) is 0 Å². The van der Waals surface area contributed by atoms with Crippen LogP contribution < -0.4 is 0 Å². The Morgan fingerprint density at radius 2 is 1.07 bits per heavy atom. The Labute approximate surface area is 258 Å². The zero-order chi connectivity index (χ0) is 35.0. The van der Waals surface area contributed by atoms with Gasteiger partial charge in [-0.1, -0.05) is 140 Å². The Balaban J connectivity index is 1.43. The third-order valence-electron chi connectivity index (χ3n) is 8.08. The van der Waals surface area contributed by atoms with Crippen molar-refractivity contribution in [2.24, 2.45) is 0 Å². The molecule has 0 atom stereocenters. The Kier molecular flexibility index (Phi) is 4.32. The van der Waals surface area contributed by atoms with Gasteiger partial charge in [0, 0.05) is 27.6 Å². The SMILES string of the molecule is [2H]c1c([2H])c([2H])c(-c2nc(-c3ccccc3)nc(-c3ccccc3)n2)c(-c2ccc3c(c2)C2(c4ccccc4-3)C([2H])([2H])CCCC2([2H])[2H])c1[2H]. The van der Waals surface area contributed by atoms with Crippen LogP contribution in [0.4, 0.5) is 0 Å². The molecule has 3 nitrogen and oxygen atoms in total. The monoisotopic (exact) mass is 549 g/mol. The molecule has 0 N–H and O–H groups in total. The summed E-state index contributed by atoms with van der Waals surface area (Å²) >= 11 is 0. The highest BCUT2D eigenvalue weighted by molar-refractivity contribution is 5.87. The number of nitrogens with zero attached hydrogens (tertiary/aromatic N) is 3. The molecule has 3 heteroatoms. The molecular weight excluding hydrogens is 510 g/mol. The Morgan fingerprint density at radius 3 is 1.76 bits per heavy atom. The van der Waals surface area contributed by atoms with E-state index in [1.807, 2.05) is 91.0 Å². The van der Waals surface area contributed by atoms with E-state index in [1.165, 1.54) is 0 Å². The fraction of sp³-hybridized carbons (Fsp3) is 0.154. The maximum Gasteiger partial charge on any atom is 0.164 e. The second kappa shape index (κ2) is 10.2. The highest BCUT2D eigenvalue weighted by atomic mass is 15.0. The van der Waals surface area contributed by atoms with Crippen LogP contribution in [-0.4, -0.2) is 15.0 Å². The van der Waals surface area contributed by atoms with Gasteiger partial charge in [0.1, 0.15) is 0 Å². The summed E-state index contributed by atoms with van der Waals surface area (Å²) in [5.74, 6) is 0.723. The van der Waals surface area contributed by atoms with Crippen molar-refractivity contribution in [1.82, 2.24) is 15.0 Å². The highest BCUT2D eigenvalue weighted by Crippen LogP contribution is 2.56. The number of hydrogen-bond donors (Lipinski definition) is 0. The lowest BCUT2D eigenvalue weighted by molar-refractivity contribution is 0.353. The maximum absolute atomic E-state index is 9.37. The molecular formula is C39H31N3. The van der Waals surface area contributed by atoms with Gasteiger partial charge in [0.05, 0.1) is 5.48 Å². The number of aromatic nitrogens is 3. The molecule has 5 aromatic carbocycles. The van der Waals surface area contributed by atoms with Crippen LogP contribution in [-0.2, 0) is 5.41 Å². The average molecular weight is 550 g/mol. The molecule has 0 saturated heterocycles. The highest BCUT2D eigenvalue weighted by Gasteiger charge is 2.43. The van der Waals surface area contributed by atoms with E-state index >= 15 is 0 Å². The van der Waals surface area contributed by atoms with Gasteiger partial charge in [-0.25, -0.2) is 15.0 Å². The molecule has 6 aromatic rings. The number of fused-ring (bicyclic) bond motifs is 5. The number of hydrogen-bond acceptors (Lipinski definition) is 3. The van der Waals surface area contributed by atoms with E-state index in [0.29, 0.717) is 51.5 Å². The smallest absolute Gasteiger partial charge is 0.164 e. The molecule has 0 amide bonds. The van der Waals surface area contributed by atoms with E-state index in [0.717, 1.165) is 5.56 Å². The summed E-state index contributed by atoms with van der Waals surface area (Å²) in [6.07, 6.45) is -3.14. The van der Waals surface area contributed by atoms with Crippen LogP contribution in [0.3, 0.4) is 0 Å². The predicted molar refractivity (Wildman–Crippen MR) is 171 cm³/mol. The van der Waals surface area contributed by atoms with Gasteiger partial charge in [-0.2, -0.15) is 0 Å². The van der Waals surface area contributed by atoms with Crippen LogP contribution >= 0.6 is 0 Å². The van der Waals surface area contributed by atoms with Gasteiger partial charge < -0.3 is 0 Å². The Hall–Kier alpha value is -4.89. The summed E-state index contributed by atoms with van der Waals surface area (Å²) in [5, 5.41) is 0. The van der Waals surface area contributed by atoms with Gasteiger partial charge in [0.2, 0.25) is 0 Å². The largest absolute Gasteiger partial charge is 0.208 e. The van der Waals surface area contributed by atoms with Gasteiger partial charge in [0.25, 0.3) is 0 Å². The quantitative estimate of drug-likeness (QED) is 0.220. The van der Waals surface area contributed by atoms with Gasteiger partial charge in [0.15, 0.2) is 17.5 Å². The minimum atomic E-state index is -1.95. The number of rotatable bonds is 4. The number of benzene rings is 5. The minimum Gasteiger partial charge on any atom is -0.208 e. The lowest BCUT2D eigenvalue weighted by Gasteiger charge is -2.36. The van der Waals surface area contributed by atoms with Crippen LogP contribution in [0, 0.1) is 0 Å². The zero-order valence-electron chi connectivity index (χ0n) is 30.8. The van der Waals surface area contributed by atoms with E-state index in [4.69, 9.17) is 17.7 Å². The molecule has 8 rings (SSSR count). The van der Waals surface area contributed by atoms with Crippen LogP contribution in [0.15, 0.2) is 127 Å². The minimum absolute atomic E-state index is 0.0570. The molecule has 42 heavy (non-hydrogen) atoms. The van der Waals surface area contributed by atoms with Gasteiger partial charge in [-0.15, -0.1) is 0 Å². The molecule has 0 radical (unpaired) electrons. The first-order valence-electron chi connectivity index (χ1n) is 18.2. The fourth-order valence-corrected chi connectivity index (χ4v) is 6.14. The first-order valence-corrected chi connectivity index (χ1v) is 14.2. The summed E-state index contributed by atoms with van der Waals surface area (Å²) in [5.41, 5.74) is 2.90. The predicted octanol–water partition coefficient (Wildman–Crippen LogP) is 9.77. The molecule has 1 fully saturated rings. The molecule has 0 unspecified atom stereocenters. The summed E-state index contributed by atoms with van der Waals surface area (Å²) in [6, 6.07) is 29.9. The maximum atomic E-state index is 9.37. The molecule has 0 aliphatic heterocycles. The third-order valence-corrected chi connectivity index (χ3v) is 8.08. The van der Waals surface area contributed by atoms with E-state index in [2.05, 4.69) is 0 Å². The summed E-state index contributed by atoms with van der Waals surface area (Å²) < 4.78 is 73.2. The van der Waals surface area contributed by atoms with Gasteiger partial charge >= 0.3 is 0 Å². The first kappa shape index (κ1) is 17.8. The van der Waals surface area contributed by atoms with Crippen molar-refractivity contribution >= 4 is 0 Å². The fourth-order valence-electron chi connectivity index (χ4n) is 6.14. The molecule has 202 valence electrons. The Morgan fingerprint density at radius 1 is 0.500 bits per heavy atom. The topological polar surface area (TPSA) is 38.7 Å². The lowest BCUT2D eigenvalue weighted by atomic mass is 9.67. The van der Waals surface area contributed by atoms with E-state index in [1.54, 1.807) is 12.1 Å². The molecule has 1 aromatic heterocycles. The van der Waals surface area contributed by atoms with Crippen molar-refractivity contribution in [1.29, 1.82) is 0 Å². The van der Waals surface area contributed by atoms with Crippen LogP contribution in [0.2, 0.25) is 0 Å². The molecule has 1 saturated carbocycles. The average Bonchev–Trinajstić information content (AvgIpc) is 3.43. The summed E-state index contributed by atoms with van der Waals surface area (Å²) in [7, 11) is 0. The standard InChI is InChI=1S/C39H31N3/c1-4-14-27(15-5-1)36-40-37(28-16-6-2-7-17-28)42-38(41-36)33-20-9-8-18-30(33)29-22-23-32-31-19-10-11-21-34(31)39(35(32)26-29)24-12-3-13-25-39/h1-2,4-11,14-23,26H,3,12-13,24-25H2/i8D,9D,18D,20D,24D2,25D2. The van der Waals surface area contributed by atoms with E-state index < -0.39 is 30.2 Å². The van der Waals surface area contributed by atoms with Crippen molar-refractivity contribution < 1.29 is 11.0 Å². The van der Waals surface area contributed by atoms with E-state index in [-0.39, 0.29) is 41.9 Å². The summed E-state index contributed by atoms with van der Waals surface area (Å²) in [4.78, 5) is 14.4. The van der Waals surface area contributed by atoms with Crippen LogP contribution in [0.5, 0.6) is 0 Å². The third kappa shape index (κ3) is 4.08. The normalized spacial score (nSPS) is 20.0. The molecule has 1 spiro atoms. The molecule has 1 heterocycles. The lowest BCUT2D eigenvalue weighted by Crippen LogP contribution is -2.28. The van der Waals surface area contributed by atoms with Crippen LogP contribution in [0.1, 0.15) is 54.1 Å². The van der Waals surface area contributed by atoms with Crippen molar-refractivity contribution in [3.63, 3.8) is 0 Å². The second-order valence-electron chi connectivity index (χ2n) is 10.6. The first-order chi connectivity index (χ1) is 24.0. The second-order valence-corrected chi connectivity index (χ2v) is 10.6. The Bertz CT molecular complexity index is 2240.